The van der Waals surface area contributed by atoms with Gasteiger partial charge in [0, 0.05) is 44.5 Å². The monoisotopic (exact) mass is 383 g/mol. The smallest absolute Gasteiger partial charge is 0.238 e. The Morgan fingerprint density at radius 2 is 1.71 bits per heavy atom. The Bertz CT molecular complexity index is 791. The maximum atomic E-state index is 12.3. The van der Waals surface area contributed by atoms with Crippen LogP contribution in [0.3, 0.4) is 0 Å². The van der Waals surface area contributed by atoms with E-state index < -0.39 is 0 Å². The van der Waals surface area contributed by atoms with Gasteiger partial charge in [0.1, 0.15) is 12.4 Å². The first-order valence-corrected chi connectivity index (χ1v) is 9.58. The van der Waals surface area contributed by atoms with Crippen molar-refractivity contribution in [2.24, 2.45) is 0 Å². The fourth-order valence-corrected chi connectivity index (χ4v) is 3.36. The fraction of sp³-hybridized carbons (Fsp3) is 0.381. The van der Waals surface area contributed by atoms with Crippen molar-refractivity contribution in [3.05, 3.63) is 48.5 Å². The molecule has 2 aliphatic heterocycles. The van der Waals surface area contributed by atoms with Crippen LogP contribution in [0.4, 0.5) is 5.69 Å². The van der Waals surface area contributed by atoms with Gasteiger partial charge < -0.3 is 19.5 Å². The van der Waals surface area contributed by atoms with Gasteiger partial charge in [0.25, 0.3) is 0 Å². The Morgan fingerprint density at radius 3 is 2.54 bits per heavy atom. The van der Waals surface area contributed by atoms with E-state index >= 15 is 0 Å². The van der Waals surface area contributed by atoms with E-state index in [1.54, 1.807) is 6.07 Å². The Balaban J connectivity index is 1.15. The van der Waals surface area contributed by atoms with Crippen molar-refractivity contribution in [3.63, 3.8) is 0 Å². The van der Waals surface area contributed by atoms with Crippen molar-refractivity contribution >= 4 is 11.6 Å². The second-order valence-corrected chi connectivity index (χ2v) is 6.90. The number of hydrogen-bond acceptors (Lipinski definition) is 6. The molecular weight excluding hydrogens is 358 g/mol. The number of ether oxygens (including phenoxy) is 3. The predicted molar refractivity (Wildman–Crippen MR) is 106 cm³/mol. The highest BCUT2D eigenvalue weighted by atomic mass is 16.7. The number of amides is 1. The molecule has 0 bridgehead atoms. The van der Waals surface area contributed by atoms with Crippen LogP contribution in [-0.2, 0) is 4.79 Å². The van der Waals surface area contributed by atoms with E-state index in [2.05, 4.69) is 15.1 Å². The summed E-state index contributed by atoms with van der Waals surface area (Å²) in [4.78, 5) is 16.9. The van der Waals surface area contributed by atoms with Gasteiger partial charge in [0.15, 0.2) is 11.5 Å². The summed E-state index contributed by atoms with van der Waals surface area (Å²) in [5.41, 5.74) is 0.728. The van der Waals surface area contributed by atoms with Gasteiger partial charge in [-0.05, 0) is 24.3 Å². The maximum Gasteiger partial charge on any atom is 0.238 e. The number of piperazine rings is 1. The van der Waals surface area contributed by atoms with Crippen LogP contribution in [-0.4, -0.2) is 68.4 Å². The lowest BCUT2D eigenvalue weighted by Crippen LogP contribution is -2.49. The van der Waals surface area contributed by atoms with E-state index in [9.17, 15) is 4.79 Å². The molecule has 0 unspecified atom stereocenters. The zero-order valence-electron chi connectivity index (χ0n) is 15.8. The molecule has 7 heteroatoms. The van der Waals surface area contributed by atoms with Crippen molar-refractivity contribution in [1.29, 1.82) is 0 Å². The number of anilines is 1. The average Bonchev–Trinajstić information content (AvgIpc) is 3.18. The van der Waals surface area contributed by atoms with Gasteiger partial charge in [-0.25, -0.2) is 0 Å². The number of carbonyl (C=O) groups is 1. The van der Waals surface area contributed by atoms with E-state index in [1.807, 2.05) is 42.5 Å². The van der Waals surface area contributed by atoms with Crippen LogP contribution in [0.1, 0.15) is 0 Å². The summed E-state index contributed by atoms with van der Waals surface area (Å²) in [6.07, 6.45) is 0. The summed E-state index contributed by atoms with van der Waals surface area (Å²) in [5, 5.41) is 2.93. The molecule has 0 aliphatic carbocycles. The number of benzene rings is 2. The van der Waals surface area contributed by atoms with Crippen LogP contribution in [0.25, 0.3) is 0 Å². The zero-order chi connectivity index (χ0) is 19.2. The van der Waals surface area contributed by atoms with E-state index in [4.69, 9.17) is 14.2 Å². The second-order valence-electron chi connectivity index (χ2n) is 6.90. The summed E-state index contributed by atoms with van der Waals surface area (Å²) in [7, 11) is 0. The first kappa shape index (κ1) is 18.6. The second kappa shape index (κ2) is 8.95. The van der Waals surface area contributed by atoms with E-state index in [1.165, 1.54) is 0 Å². The topological polar surface area (TPSA) is 63.3 Å². The average molecular weight is 383 g/mol. The lowest BCUT2D eigenvalue weighted by molar-refractivity contribution is -0.117. The van der Waals surface area contributed by atoms with Crippen molar-refractivity contribution in [1.82, 2.24) is 9.80 Å². The van der Waals surface area contributed by atoms with Gasteiger partial charge in [0.05, 0.1) is 6.54 Å². The molecular formula is C21H25N3O4. The first-order valence-electron chi connectivity index (χ1n) is 9.58. The Kier molecular flexibility index (Phi) is 5.94. The number of fused-ring (bicyclic) bond motifs is 1. The highest BCUT2D eigenvalue weighted by Gasteiger charge is 2.19. The molecule has 1 saturated heterocycles. The molecule has 2 heterocycles. The Labute approximate surface area is 164 Å². The molecule has 2 aromatic rings. The standard InChI is InChI=1S/C21H25N3O4/c25-21(22-17-6-7-19-20(14-17)28-16-27-19)15-24-10-8-23(9-11-24)12-13-26-18-4-2-1-3-5-18/h1-7,14H,8-13,15-16H2,(H,22,25). The zero-order valence-corrected chi connectivity index (χ0v) is 15.8. The van der Waals surface area contributed by atoms with Crippen LogP contribution in [0.5, 0.6) is 17.2 Å². The van der Waals surface area contributed by atoms with E-state index in [-0.39, 0.29) is 12.7 Å². The molecule has 1 amide bonds. The highest BCUT2D eigenvalue weighted by molar-refractivity contribution is 5.92. The number of hydrogen-bond donors (Lipinski definition) is 1. The molecule has 1 N–H and O–H groups in total. The number of nitrogens with one attached hydrogen (secondary N) is 1. The third kappa shape index (κ3) is 4.94. The van der Waals surface area contributed by atoms with Gasteiger partial charge in [-0.1, -0.05) is 18.2 Å². The van der Waals surface area contributed by atoms with Crippen molar-refractivity contribution < 1.29 is 19.0 Å². The van der Waals surface area contributed by atoms with Gasteiger partial charge in [-0.3, -0.25) is 14.6 Å². The third-order valence-corrected chi connectivity index (χ3v) is 4.91. The number of nitrogens with zero attached hydrogens (tertiary/aromatic N) is 2. The fourth-order valence-electron chi connectivity index (χ4n) is 3.36. The Hall–Kier alpha value is -2.77. The largest absolute Gasteiger partial charge is 0.492 e. The lowest BCUT2D eigenvalue weighted by Gasteiger charge is -2.34. The van der Waals surface area contributed by atoms with Crippen LogP contribution in [0, 0.1) is 0 Å². The Morgan fingerprint density at radius 1 is 0.964 bits per heavy atom. The summed E-state index contributed by atoms with van der Waals surface area (Å²) in [6, 6.07) is 15.3. The number of carbonyl (C=O) groups excluding carboxylic acids is 1. The lowest BCUT2D eigenvalue weighted by atomic mass is 10.2. The van der Waals surface area contributed by atoms with Crippen LogP contribution in [0.2, 0.25) is 0 Å². The molecule has 2 aliphatic rings. The molecule has 7 nitrogen and oxygen atoms in total. The highest BCUT2D eigenvalue weighted by Crippen LogP contribution is 2.34. The van der Waals surface area contributed by atoms with Gasteiger partial charge >= 0.3 is 0 Å². The molecule has 0 radical (unpaired) electrons. The summed E-state index contributed by atoms with van der Waals surface area (Å²) in [5.74, 6) is 2.27. The van der Waals surface area contributed by atoms with Gasteiger partial charge in [-0.15, -0.1) is 0 Å². The quantitative estimate of drug-likeness (QED) is 0.790. The van der Waals surface area contributed by atoms with Crippen LogP contribution in [0.15, 0.2) is 48.5 Å². The SMILES string of the molecule is O=C(CN1CCN(CCOc2ccccc2)CC1)Nc1ccc2c(c1)OCO2. The van der Waals surface area contributed by atoms with Crippen molar-refractivity contribution in [3.8, 4) is 17.2 Å². The number of para-hydroxylation sites is 1. The van der Waals surface area contributed by atoms with E-state index in [0.717, 1.165) is 44.2 Å². The normalized spacial score (nSPS) is 16.7. The molecule has 1 fully saturated rings. The summed E-state index contributed by atoms with van der Waals surface area (Å²) in [6.45, 7) is 5.82. The minimum atomic E-state index is -0.0141. The van der Waals surface area contributed by atoms with Gasteiger partial charge in [0.2, 0.25) is 12.7 Å². The maximum absolute atomic E-state index is 12.3. The van der Waals surface area contributed by atoms with E-state index in [0.29, 0.717) is 24.7 Å². The third-order valence-electron chi connectivity index (χ3n) is 4.91. The molecule has 0 atom stereocenters. The molecule has 0 saturated carbocycles. The predicted octanol–water partition coefficient (Wildman–Crippen LogP) is 2.05. The molecule has 148 valence electrons. The van der Waals surface area contributed by atoms with Crippen molar-refractivity contribution in [2.75, 3.05) is 58.0 Å². The molecule has 28 heavy (non-hydrogen) atoms. The first-order chi connectivity index (χ1) is 13.8. The number of rotatable bonds is 7. The van der Waals surface area contributed by atoms with Crippen LogP contribution < -0.4 is 19.5 Å². The summed E-state index contributed by atoms with van der Waals surface area (Å²) >= 11 is 0. The van der Waals surface area contributed by atoms with Crippen LogP contribution >= 0.6 is 0 Å². The molecule has 4 rings (SSSR count). The minimum absolute atomic E-state index is 0.0141. The molecule has 2 aromatic carbocycles. The molecule has 0 aromatic heterocycles. The van der Waals surface area contributed by atoms with Crippen molar-refractivity contribution in [2.45, 2.75) is 0 Å². The van der Waals surface area contributed by atoms with Gasteiger partial charge in [-0.2, -0.15) is 0 Å². The minimum Gasteiger partial charge on any atom is -0.492 e. The summed E-state index contributed by atoms with van der Waals surface area (Å²) < 4.78 is 16.4. The molecule has 0 spiro atoms.